The smallest absolute Gasteiger partial charge is 0.0565 e. The number of H-pyrrole nitrogens is 1. The molecule has 206 valence electrons. The molecule has 3 N–H and O–H groups in total. The number of aromatic amines is 1. The quantitative estimate of drug-likeness (QED) is 0.137. The summed E-state index contributed by atoms with van der Waals surface area (Å²) >= 11 is -5.01. The molecule has 0 bridgehead atoms. The minimum atomic E-state index is -5.01. The van der Waals surface area contributed by atoms with Crippen LogP contribution < -0.4 is 5.48 Å². The molecular weight excluding hydrogens is 578 g/mol. The largest absolute Gasteiger partial charge is 0.285 e. The zero-order valence-corrected chi connectivity index (χ0v) is 23.7. The molecule has 0 fully saturated rings. The van der Waals surface area contributed by atoms with Gasteiger partial charge in [0.15, 0.2) is 0 Å². The van der Waals surface area contributed by atoms with E-state index in [1.807, 2.05) is 60.2 Å². The number of carbonyl (C=O) groups is 1. The molecule has 1 aliphatic rings. The van der Waals surface area contributed by atoms with Gasteiger partial charge in [-0.3, -0.25) is 10.1 Å². The van der Waals surface area contributed by atoms with Gasteiger partial charge in [-0.05, 0) is 17.7 Å². The summed E-state index contributed by atoms with van der Waals surface area (Å²) in [4.78, 5) is 15.2. The maximum Gasteiger partial charge on any atom is 0.0565 e. The Morgan fingerprint density at radius 3 is 2.33 bits per heavy atom. The van der Waals surface area contributed by atoms with E-state index in [9.17, 15) is 18.2 Å². The normalized spacial score (nSPS) is 17.9. The van der Waals surface area contributed by atoms with Crippen LogP contribution in [0, 0.1) is 5.82 Å². The average Bonchev–Trinajstić information content (AvgIpc) is 3.52. The van der Waals surface area contributed by atoms with Crippen LogP contribution in [-0.2, 0) is 16.2 Å². The fraction of sp³-hybridized carbons (Fsp3) is 0.138. The first kappa shape index (κ1) is 28.9. The third kappa shape index (κ3) is 6.91. The number of nitrogens with zero attached hydrogens (tertiary/aromatic N) is 2. The van der Waals surface area contributed by atoms with Crippen LogP contribution in [0.3, 0.4) is 0 Å². The first-order valence-corrected chi connectivity index (χ1v) is 15.5. The van der Waals surface area contributed by atoms with Crippen LogP contribution in [-0.4, -0.2) is 40.5 Å². The van der Waals surface area contributed by atoms with Gasteiger partial charge in [0.1, 0.15) is 0 Å². The topological polar surface area (TPSA) is 126 Å². The van der Waals surface area contributed by atoms with Gasteiger partial charge in [0.25, 0.3) is 0 Å². The maximum atomic E-state index is 13.4. The zero-order valence-electron chi connectivity index (χ0n) is 21.8. The van der Waals surface area contributed by atoms with Crippen molar-refractivity contribution in [2.24, 2.45) is 0 Å². The number of hydroxylamine groups is 1. The Bertz CT molecular complexity index is 1530. The van der Waals surface area contributed by atoms with E-state index in [1.165, 1.54) is 19.1 Å². The number of benzene rings is 2. The molecule has 40 heavy (non-hydrogen) atoms. The molecule has 5 rings (SSSR count). The van der Waals surface area contributed by atoms with E-state index in [4.69, 9.17) is 3.83 Å². The summed E-state index contributed by atoms with van der Waals surface area (Å²) in [7, 11) is 0. The van der Waals surface area contributed by atoms with Crippen LogP contribution in [0.25, 0.3) is 22.3 Å². The van der Waals surface area contributed by atoms with Crippen LogP contribution >= 0.6 is 0 Å². The Morgan fingerprint density at radius 1 is 1.02 bits per heavy atom. The molecule has 2 heterocycles. The third-order valence-corrected chi connectivity index (χ3v) is 10.6. The number of amides is 1. The van der Waals surface area contributed by atoms with Gasteiger partial charge >= 0.3 is 171 Å². The second kappa shape index (κ2) is 12.8. The number of carbonyl (C=O) groups excluding carboxylic acids is 1. The summed E-state index contributed by atoms with van der Waals surface area (Å²) in [5.74, 6) is -0.952. The van der Waals surface area contributed by atoms with Crippen molar-refractivity contribution < 1.29 is 25.9 Å². The summed E-state index contributed by atoms with van der Waals surface area (Å²) in [5.41, 5.74) is 7.34. The molecule has 1 aliphatic carbocycles. The Labute approximate surface area is 233 Å². The Balaban J connectivity index is 0.000000278. The number of hydrogen-bond acceptors (Lipinski definition) is 7. The number of nitrogens with one attached hydrogen (secondary N) is 2. The van der Waals surface area contributed by atoms with Crippen LogP contribution in [0.15, 0.2) is 104 Å². The molecule has 2 atom stereocenters. The number of hydrogen-bond donors (Lipinski definition) is 3. The van der Waals surface area contributed by atoms with E-state index >= 15 is 0 Å². The number of rotatable bonds is 7. The molecule has 0 radical (unpaired) electrons. The Kier molecular flexibility index (Phi) is 9.29. The SMILES string of the molecule is CC(=O)NO[As](=O)(OO)C1(C)C=C(c2ccc(F)cc2)C=C(c2ccccc2)C1.c1cc(-c2cn[nH]c2)ccn1. The fourth-order valence-corrected chi connectivity index (χ4v) is 6.97. The van der Waals surface area contributed by atoms with Crippen molar-refractivity contribution in [3.8, 4) is 11.1 Å². The van der Waals surface area contributed by atoms with E-state index in [1.54, 1.807) is 43.7 Å². The van der Waals surface area contributed by atoms with Gasteiger partial charge in [0.2, 0.25) is 0 Å². The van der Waals surface area contributed by atoms with Crippen molar-refractivity contribution in [2.75, 3.05) is 0 Å². The van der Waals surface area contributed by atoms with Crippen LogP contribution in [0.5, 0.6) is 0 Å². The Hall–Kier alpha value is -4.08. The summed E-state index contributed by atoms with van der Waals surface area (Å²) < 4.78 is 35.0. The van der Waals surface area contributed by atoms with Gasteiger partial charge < -0.3 is 0 Å². The van der Waals surface area contributed by atoms with Crippen molar-refractivity contribution in [3.05, 3.63) is 121 Å². The molecule has 2 aromatic carbocycles. The molecule has 0 spiro atoms. The minimum Gasteiger partial charge on any atom is -0.285 e. The first-order chi connectivity index (χ1) is 19.2. The van der Waals surface area contributed by atoms with Crippen molar-refractivity contribution in [2.45, 2.75) is 24.5 Å². The number of allylic oxidation sites excluding steroid dienone is 4. The van der Waals surface area contributed by atoms with Gasteiger partial charge in [-0.25, -0.2) is 0 Å². The second-order valence-electron chi connectivity index (χ2n) is 9.23. The van der Waals surface area contributed by atoms with Gasteiger partial charge in [-0.15, -0.1) is 0 Å². The second-order valence-corrected chi connectivity index (χ2v) is 14.2. The van der Waals surface area contributed by atoms with E-state index < -0.39 is 24.3 Å². The summed E-state index contributed by atoms with van der Waals surface area (Å²) in [5, 5.41) is 16.1. The van der Waals surface area contributed by atoms with Crippen LogP contribution in [0.4, 0.5) is 4.39 Å². The number of pyridine rings is 1. The van der Waals surface area contributed by atoms with E-state index in [-0.39, 0.29) is 12.2 Å². The molecule has 0 aliphatic heterocycles. The molecule has 0 saturated heterocycles. The van der Waals surface area contributed by atoms with Crippen molar-refractivity contribution in [1.29, 1.82) is 0 Å². The van der Waals surface area contributed by atoms with Crippen LogP contribution in [0.2, 0.25) is 4.20 Å². The predicted octanol–water partition coefficient (Wildman–Crippen LogP) is 5.86. The molecule has 11 heteroatoms. The predicted molar refractivity (Wildman–Crippen MR) is 149 cm³/mol. The maximum absolute atomic E-state index is 13.4. The van der Waals surface area contributed by atoms with Gasteiger partial charge in [0.05, 0.1) is 6.20 Å². The fourth-order valence-electron chi connectivity index (χ4n) is 4.17. The zero-order chi connectivity index (χ0) is 28.6. The number of halogens is 1. The van der Waals surface area contributed by atoms with E-state index in [2.05, 4.69) is 19.1 Å². The van der Waals surface area contributed by atoms with Crippen molar-refractivity contribution in [1.82, 2.24) is 20.7 Å². The molecule has 9 nitrogen and oxygen atoms in total. The van der Waals surface area contributed by atoms with E-state index in [0.717, 1.165) is 22.3 Å². The molecular formula is C29H28AsFN4O5. The Morgan fingerprint density at radius 2 is 1.73 bits per heavy atom. The van der Waals surface area contributed by atoms with Crippen molar-refractivity contribution in [3.63, 3.8) is 0 Å². The monoisotopic (exact) mass is 606 g/mol. The van der Waals surface area contributed by atoms with Crippen molar-refractivity contribution >= 4 is 31.2 Å². The molecule has 2 aromatic heterocycles. The average molecular weight is 606 g/mol. The molecule has 0 saturated carbocycles. The third-order valence-electron chi connectivity index (χ3n) is 6.22. The standard InChI is InChI=1S/C21H21AsFNO5.C8H7N3/c1-15(25)24-28-22(26,29-27)21(2)13-18(16-6-4-3-5-7-16)12-19(14-21)17-8-10-20(23)11-9-17;1-3-9-4-2-7(1)8-5-10-11-6-8/h3-12,14,27H,13H2,1-2H3,(H,24,25);1-6H,(H,10,11). The number of aromatic nitrogens is 3. The van der Waals surface area contributed by atoms with Gasteiger partial charge in [-0.2, -0.15) is 5.10 Å². The minimum absolute atomic E-state index is 0.234. The van der Waals surface area contributed by atoms with Gasteiger partial charge in [0, 0.05) is 24.2 Å². The summed E-state index contributed by atoms with van der Waals surface area (Å²) in [6, 6.07) is 19.2. The summed E-state index contributed by atoms with van der Waals surface area (Å²) in [6.07, 6.45) is 11.0. The molecule has 4 aromatic rings. The first-order valence-electron chi connectivity index (χ1n) is 12.3. The van der Waals surface area contributed by atoms with Crippen LogP contribution in [0.1, 0.15) is 31.4 Å². The van der Waals surface area contributed by atoms with E-state index in [0.29, 0.717) is 11.1 Å². The van der Waals surface area contributed by atoms with Gasteiger partial charge in [-0.1, -0.05) is 0 Å². The summed E-state index contributed by atoms with van der Waals surface area (Å²) in [6.45, 7) is 2.82. The molecule has 2 unspecified atom stereocenters. The molecule has 1 amide bonds.